The summed E-state index contributed by atoms with van der Waals surface area (Å²) in [6, 6.07) is 15.0. The van der Waals surface area contributed by atoms with Gasteiger partial charge in [-0.3, -0.25) is 9.36 Å². The molecule has 4 rings (SSSR count). The Kier molecular flexibility index (Phi) is 6.30. The van der Waals surface area contributed by atoms with Gasteiger partial charge in [0.05, 0.1) is 16.6 Å². The lowest BCUT2D eigenvalue weighted by atomic mass is 10.2. The largest absolute Gasteiger partial charge is 0.396 e. The maximum atomic E-state index is 12.9. The Hall–Kier alpha value is -2.19. The van der Waals surface area contributed by atoms with E-state index in [2.05, 4.69) is 4.98 Å². The zero-order chi connectivity index (χ0) is 20.2. The molecule has 0 fully saturated rings. The van der Waals surface area contributed by atoms with E-state index in [1.54, 1.807) is 22.0 Å². The maximum absolute atomic E-state index is 12.9. The van der Waals surface area contributed by atoms with Crippen LogP contribution in [0.5, 0.6) is 0 Å². The van der Waals surface area contributed by atoms with Gasteiger partial charge in [-0.05, 0) is 30.7 Å². The molecule has 0 saturated carbocycles. The lowest BCUT2D eigenvalue weighted by Crippen LogP contribution is -2.24. The Balaban J connectivity index is 1.59. The van der Waals surface area contributed by atoms with Crippen molar-refractivity contribution in [3.63, 3.8) is 0 Å². The Labute approximate surface area is 181 Å². The highest BCUT2D eigenvalue weighted by atomic mass is 35.5. The first-order valence-corrected chi connectivity index (χ1v) is 11.3. The molecular weight excluding hydrogens is 426 g/mol. The minimum absolute atomic E-state index is 0.0277. The van der Waals surface area contributed by atoms with Crippen LogP contribution >= 0.6 is 34.7 Å². The minimum Gasteiger partial charge on any atom is -0.396 e. The number of hydrogen-bond donors (Lipinski definition) is 1. The van der Waals surface area contributed by atoms with Gasteiger partial charge in [0.25, 0.3) is 5.56 Å². The fraction of sp³-hybridized carbons (Fsp3) is 0.190. The van der Waals surface area contributed by atoms with Gasteiger partial charge >= 0.3 is 0 Å². The number of halogens is 1. The lowest BCUT2D eigenvalue weighted by molar-refractivity contribution is 0.276. The molecule has 0 radical (unpaired) electrons. The summed E-state index contributed by atoms with van der Waals surface area (Å²) in [6.45, 7) is 0.461. The van der Waals surface area contributed by atoms with Crippen LogP contribution in [0.15, 0.2) is 63.9 Å². The average Bonchev–Trinajstić information content (AvgIpc) is 3.21. The van der Waals surface area contributed by atoms with Crippen molar-refractivity contribution in [2.45, 2.75) is 23.9 Å². The highest BCUT2D eigenvalue weighted by Gasteiger charge is 2.13. The van der Waals surface area contributed by atoms with Crippen molar-refractivity contribution in [1.82, 2.24) is 14.5 Å². The second-order valence-electron chi connectivity index (χ2n) is 6.39. The van der Waals surface area contributed by atoms with Crippen LogP contribution in [0.25, 0.3) is 21.5 Å². The van der Waals surface area contributed by atoms with Gasteiger partial charge in [-0.2, -0.15) is 0 Å². The third kappa shape index (κ3) is 4.53. The number of benzene rings is 2. The number of hydrogen-bond acceptors (Lipinski definition) is 6. The van der Waals surface area contributed by atoms with Gasteiger partial charge in [0.1, 0.15) is 5.01 Å². The van der Waals surface area contributed by atoms with Gasteiger partial charge in [-0.1, -0.05) is 47.6 Å². The molecule has 4 aromatic rings. The quantitative estimate of drug-likeness (QED) is 0.326. The third-order valence-corrected chi connectivity index (χ3v) is 6.56. The zero-order valence-corrected chi connectivity index (χ0v) is 17.8. The molecule has 1 N–H and O–H groups in total. The Morgan fingerprint density at radius 2 is 1.90 bits per heavy atom. The number of fused-ring (bicyclic) bond motifs is 1. The first-order chi connectivity index (χ1) is 14.2. The molecule has 5 nitrogen and oxygen atoms in total. The van der Waals surface area contributed by atoms with Crippen molar-refractivity contribution in [2.75, 3.05) is 6.61 Å². The molecular formula is C21H18ClN3O2S2. The fourth-order valence-corrected chi connectivity index (χ4v) is 4.90. The van der Waals surface area contributed by atoms with E-state index in [0.29, 0.717) is 39.8 Å². The molecule has 2 heterocycles. The molecule has 2 aromatic carbocycles. The summed E-state index contributed by atoms with van der Waals surface area (Å²) in [5.41, 5.74) is 2.56. The molecule has 8 heteroatoms. The molecule has 0 aliphatic carbocycles. The van der Waals surface area contributed by atoms with E-state index in [-0.39, 0.29) is 12.2 Å². The molecule has 0 aliphatic rings. The van der Waals surface area contributed by atoms with E-state index in [4.69, 9.17) is 16.6 Å². The van der Waals surface area contributed by atoms with Gasteiger partial charge in [0, 0.05) is 34.9 Å². The molecule has 0 atom stereocenters. The molecule has 0 amide bonds. The van der Waals surface area contributed by atoms with Crippen LogP contribution in [0.4, 0.5) is 0 Å². The number of rotatable bonds is 7. The van der Waals surface area contributed by atoms with E-state index < -0.39 is 0 Å². The molecule has 0 saturated heterocycles. The van der Waals surface area contributed by atoms with E-state index in [0.717, 1.165) is 16.3 Å². The summed E-state index contributed by atoms with van der Waals surface area (Å²) in [5.74, 6) is 0.605. The van der Waals surface area contributed by atoms with Crippen LogP contribution in [0, 0.1) is 0 Å². The summed E-state index contributed by atoms with van der Waals surface area (Å²) in [6.07, 6.45) is 0.505. The van der Waals surface area contributed by atoms with Crippen molar-refractivity contribution in [3.05, 3.63) is 75.0 Å². The fourth-order valence-electron chi connectivity index (χ4n) is 2.92. The second kappa shape index (κ2) is 9.09. The number of aliphatic hydroxyl groups excluding tert-OH is 1. The van der Waals surface area contributed by atoms with Gasteiger partial charge < -0.3 is 5.11 Å². The summed E-state index contributed by atoms with van der Waals surface area (Å²) < 4.78 is 1.65. The topological polar surface area (TPSA) is 68.0 Å². The maximum Gasteiger partial charge on any atom is 0.262 e. The van der Waals surface area contributed by atoms with E-state index in [1.165, 1.54) is 11.8 Å². The predicted molar refractivity (Wildman–Crippen MR) is 120 cm³/mol. The van der Waals surface area contributed by atoms with E-state index in [1.807, 2.05) is 47.8 Å². The monoisotopic (exact) mass is 443 g/mol. The highest BCUT2D eigenvalue weighted by molar-refractivity contribution is 7.98. The van der Waals surface area contributed by atoms with Crippen LogP contribution < -0.4 is 5.56 Å². The van der Waals surface area contributed by atoms with Crippen LogP contribution in [-0.2, 0) is 12.3 Å². The molecule has 0 spiro atoms. The molecule has 148 valence electrons. The number of para-hydroxylation sites is 1. The number of thiazole rings is 1. The predicted octanol–water partition coefficient (Wildman–Crippen LogP) is 4.85. The summed E-state index contributed by atoms with van der Waals surface area (Å²) >= 11 is 9.02. The van der Waals surface area contributed by atoms with Crippen LogP contribution in [0.2, 0.25) is 5.02 Å². The summed E-state index contributed by atoms with van der Waals surface area (Å²) in [5, 5.41) is 14.1. The van der Waals surface area contributed by atoms with Crippen molar-refractivity contribution in [3.8, 4) is 10.6 Å². The average molecular weight is 444 g/mol. The van der Waals surface area contributed by atoms with Gasteiger partial charge in [-0.15, -0.1) is 11.3 Å². The van der Waals surface area contributed by atoms with Gasteiger partial charge in [0.2, 0.25) is 0 Å². The third-order valence-electron chi connectivity index (χ3n) is 4.36. The summed E-state index contributed by atoms with van der Waals surface area (Å²) in [7, 11) is 0. The lowest BCUT2D eigenvalue weighted by Gasteiger charge is -2.12. The SMILES string of the molecule is O=c1c2ccccc2nc(SCc2csc(-c3ccc(Cl)cc3)n2)n1CCCO. The van der Waals surface area contributed by atoms with Gasteiger partial charge in [-0.25, -0.2) is 9.97 Å². The number of aromatic nitrogens is 3. The molecule has 2 aromatic heterocycles. The Morgan fingerprint density at radius 3 is 2.69 bits per heavy atom. The number of aliphatic hydroxyl groups is 1. The Morgan fingerprint density at radius 1 is 1.10 bits per heavy atom. The van der Waals surface area contributed by atoms with Crippen LogP contribution in [0.3, 0.4) is 0 Å². The van der Waals surface area contributed by atoms with E-state index in [9.17, 15) is 9.90 Å². The zero-order valence-electron chi connectivity index (χ0n) is 15.4. The van der Waals surface area contributed by atoms with E-state index >= 15 is 0 Å². The van der Waals surface area contributed by atoms with Gasteiger partial charge in [0.15, 0.2) is 5.16 Å². The molecule has 0 aliphatic heterocycles. The van der Waals surface area contributed by atoms with Crippen molar-refractivity contribution >= 4 is 45.6 Å². The van der Waals surface area contributed by atoms with Crippen molar-refractivity contribution in [1.29, 1.82) is 0 Å². The van der Waals surface area contributed by atoms with Crippen molar-refractivity contribution < 1.29 is 5.11 Å². The van der Waals surface area contributed by atoms with Crippen molar-refractivity contribution in [2.24, 2.45) is 0 Å². The number of thioether (sulfide) groups is 1. The highest BCUT2D eigenvalue weighted by Crippen LogP contribution is 2.28. The molecule has 0 unspecified atom stereocenters. The Bertz CT molecular complexity index is 1190. The van der Waals surface area contributed by atoms with Crippen LogP contribution in [0.1, 0.15) is 12.1 Å². The number of nitrogens with zero attached hydrogens (tertiary/aromatic N) is 3. The standard InChI is InChI=1S/C21H18ClN3O2S2/c22-15-8-6-14(7-9-15)19-23-16(12-28-19)13-29-21-24-18-5-2-1-4-17(18)20(27)25(21)10-3-11-26/h1-2,4-9,12,26H,3,10-11,13H2. The normalized spacial score (nSPS) is 11.2. The minimum atomic E-state index is -0.0771. The van der Waals surface area contributed by atoms with Crippen LogP contribution in [-0.4, -0.2) is 26.2 Å². The molecule has 0 bridgehead atoms. The second-order valence-corrected chi connectivity index (χ2v) is 8.62. The first kappa shape index (κ1) is 20.1. The smallest absolute Gasteiger partial charge is 0.262 e. The summed E-state index contributed by atoms with van der Waals surface area (Å²) in [4.78, 5) is 22.3. The first-order valence-electron chi connectivity index (χ1n) is 9.09. The molecule has 29 heavy (non-hydrogen) atoms.